The van der Waals surface area contributed by atoms with E-state index in [2.05, 4.69) is 5.32 Å². The van der Waals surface area contributed by atoms with Gasteiger partial charge in [-0.25, -0.2) is 0 Å². The van der Waals surface area contributed by atoms with E-state index < -0.39 is 0 Å². The van der Waals surface area contributed by atoms with Crippen LogP contribution in [-0.2, 0) is 11.3 Å². The van der Waals surface area contributed by atoms with Gasteiger partial charge in [0.15, 0.2) is 0 Å². The summed E-state index contributed by atoms with van der Waals surface area (Å²) < 4.78 is 5.24. The van der Waals surface area contributed by atoms with E-state index in [0.717, 1.165) is 5.76 Å². The third-order valence-corrected chi connectivity index (χ3v) is 2.78. The minimum absolute atomic E-state index is 0.144. The van der Waals surface area contributed by atoms with Gasteiger partial charge in [-0.2, -0.15) is 0 Å². The number of carbonyl (C=O) groups is 1. The van der Waals surface area contributed by atoms with E-state index >= 15 is 0 Å². The molecule has 1 aromatic heterocycles. The summed E-state index contributed by atoms with van der Waals surface area (Å²) in [4.78, 5) is 13.7. The number of nitrogens with zero attached hydrogens (tertiary/aromatic N) is 1. The summed E-state index contributed by atoms with van der Waals surface area (Å²) in [6, 6.07) is 4.31. The van der Waals surface area contributed by atoms with E-state index in [9.17, 15) is 4.79 Å². The standard InChI is InChI=1S/C12H18N2O2/c1-2-14(9-11-4-3-7-16-11)12(15)8-13-10-5-6-10/h3-4,7,10,13H,2,5-6,8-9H2,1H3. The number of rotatable bonds is 6. The highest BCUT2D eigenvalue weighted by Gasteiger charge is 2.22. The van der Waals surface area contributed by atoms with Crippen LogP contribution < -0.4 is 5.32 Å². The normalized spacial score (nSPS) is 15.1. The number of furan rings is 1. The van der Waals surface area contributed by atoms with E-state index in [4.69, 9.17) is 4.42 Å². The lowest BCUT2D eigenvalue weighted by Gasteiger charge is -2.19. The quantitative estimate of drug-likeness (QED) is 0.791. The van der Waals surface area contributed by atoms with Gasteiger partial charge in [0.05, 0.1) is 19.4 Å². The number of carbonyl (C=O) groups excluding carboxylic acids is 1. The lowest BCUT2D eigenvalue weighted by molar-refractivity contribution is -0.130. The topological polar surface area (TPSA) is 45.5 Å². The van der Waals surface area contributed by atoms with Crippen molar-refractivity contribution in [3.05, 3.63) is 24.2 Å². The minimum Gasteiger partial charge on any atom is -0.467 e. The van der Waals surface area contributed by atoms with Gasteiger partial charge in [0.25, 0.3) is 0 Å². The molecule has 0 bridgehead atoms. The number of likely N-dealkylation sites (N-methyl/N-ethyl adjacent to an activating group) is 1. The van der Waals surface area contributed by atoms with E-state index in [1.165, 1.54) is 12.8 Å². The van der Waals surface area contributed by atoms with Crippen LogP contribution >= 0.6 is 0 Å². The first kappa shape index (κ1) is 11.2. The zero-order chi connectivity index (χ0) is 11.4. The van der Waals surface area contributed by atoms with Crippen molar-refractivity contribution in [1.29, 1.82) is 0 Å². The van der Waals surface area contributed by atoms with Crippen LogP contribution in [0.25, 0.3) is 0 Å². The Hall–Kier alpha value is -1.29. The Labute approximate surface area is 95.6 Å². The van der Waals surface area contributed by atoms with Crippen molar-refractivity contribution in [2.45, 2.75) is 32.4 Å². The zero-order valence-electron chi connectivity index (χ0n) is 9.61. The molecule has 4 nitrogen and oxygen atoms in total. The van der Waals surface area contributed by atoms with E-state index in [1.54, 1.807) is 11.2 Å². The molecule has 16 heavy (non-hydrogen) atoms. The molecule has 1 aromatic rings. The highest BCUT2D eigenvalue weighted by atomic mass is 16.3. The van der Waals surface area contributed by atoms with Crippen molar-refractivity contribution in [1.82, 2.24) is 10.2 Å². The zero-order valence-corrected chi connectivity index (χ0v) is 9.61. The Bertz CT molecular complexity index is 331. The van der Waals surface area contributed by atoms with Crippen LogP contribution in [0.2, 0.25) is 0 Å². The summed E-state index contributed by atoms with van der Waals surface area (Å²) in [7, 11) is 0. The maximum Gasteiger partial charge on any atom is 0.236 e. The van der Waals surface area contributed by atoms with Crippen molar-refractivity contribution in [3.63, 3.8) is 0 Å². The number of amides is 1. The maximum absolute atomic E-state index is 11.9. The second-order valence-electron chi connectivity index (χ2n) is 4.14. The lowest BCUT2D eigenvalue weighted by atomic mass is 10.3. The van der Waals surface area contributed by atoms with Gasteiger partial charge in [0.1, 0.15) is 5.76 Å². The van der Waals surface area contributed by atoms with E-state index in [1.807, 2.05) is 19.1 Å². The summed E-state index contributed by atoms with van der Waals surface area (Å²) in [5, 5.41) is 3.23. The minimum atomic E-state index is 0.144. The number of hydrogen-bond acceptors (Lipinski definition) is 3. The average Bonchev–Trinajstić information content (AvgIpc) is 2.99. The van der Waals surface area contributed by atoms with Crippen molar-refractivity contribution < 1.29 is 9.21 Å². The Morgan fingerprint density at radius 1 is 1.62 bits per heavy atom. The second-order valence-corrected chi connectivity index (χ2v) is 4.14. The smallest absolute Gasteiger partial charge is 0.236 e. The fourth-order valence-electron chi connectivity index (χ4n) is 1.60. The molecule has 2 rings (SSSR count). The molecule has 0 aliphatic heterocycles. The second kappa shape index (κ2) is 5.16. The molecule has 1 fully saturated rings. The molecule has 0 unspecified atom stereocenters. The van der Waals surface area contributed by atoms with Crippen LogP contribution in [-0.4, -0.2) is 29.9 Å². The first-order chi connectivity index (χ1) is 7.79. The van der Waals surface area contributed by atoms with Gasteiger partial charge < -0.3 is 14.6 Å². The average molecular weight is 222 g/mol. The molecular weight excluding hydrogens is 204 g/mol. The first-order valence-electron chi connectivity index (χ1n) is 5.83. The molecule has 0 aromatic carbocycles. The molecule has 4 heteroatoms. The first-order valence-corrected chi connectivity index (χ1v) is 5.83. The van der Waals surface area contributed by atoms with Crippen LogP contribution in [0.1, 0.15) is 25.5 Å². The molecule has 1 heterocycles. The number of hydrogen-bond donors (Lipinski definition) is 1. The Kier molecular flexibility index (Phi) is 3.62. The highest BCUT2D eigenvalue weighted by Crippen LogP contribution is 2.18. The Morgan fingerprint density at radius 3 is 3.00 bits per heavy atom. The van der Waals surface area contributed by atoms with Gasteiger partial charge >= 0.3 is 0 Å². The Balaban J connectivity index is 1.80. The summed E-state index contributed by atoms with van der Waals surface area (Å²) in [6.07, 6.45) is 4.05. The molecular formula is C12H18N2O2. The van der Waals surface area contributed by atoms with Crippen LogP contribution in [0, 0.1) is 0 Å². The maximum atomic E-state index is 11.9. The molecule has 1 amide bonds. The lowest BCUT2D eigenvalue weighted by Crippen LogP contribution is -2.38. The molecule has 0 radical (unpaired) electrons. The molecule has 1 aliphatic carbocycles. The Morgan fingerprint density at radius 2 is 2.44 bits per heavy atom. The van der Waals surface area contributed by atoms with Crippen molar-refractivity contribution in [2.24, 2.45) is 0 Å². The van der Waals surface area contributed by atoms with Crippen LogP contribution in [0.4, 0.5) is 0 Å². The molecule has 1 N–H and O–H groups in total. The summed E-state index contributed by atoms with van der Waals surface area (Å²) in [5.74, 6) is 0.979. The van der Waals surface area contributed by atoms with E-state index in [0.29, 0.717) is 25.7 Å². The van der Waals surface area contributed by atoms with Gasteiger partial charge in [0.2, 0.25) is 5.91 Å². The SMILES string of the molecule is CCN(Cc1ccco1)C(=O)CNC1CC1. The third kappa shape index (κ3) is 3.10. The predicted molar refractivity (Wildman–Crippen MR) is 60.8 cm³/mol. The fraction of sp³-hybridized carbons (Fsp3) is 0.583. The van der Waals surface area contributed by atoms with Crippen molar-refractivity contribution in [3.8, 4) is 0 Å². The molecule has 88 valence electrons. The highest BCUT2D eigenvalue weighted by molar-refractivity contribution is 5.78. The summed E-state index contributed by atoms with van der Waals surface area (Å²) in [6.45, 7) is 3.71. The van der Waals surface area contributed by atoms with Gasteiger partial charge in [-0.1, -0.05) is 0 Å². The van der Waals surface area contributed by atoms with Crippen LogP contribution in [0.15, 0.2) is 22.8 Å². The molecule has 0 saturated heterocycles. The molecule has 1 aliphatic rings. The molecule has 0 atom stereocenters. The van der Waals surface area contributed by atoms with Crippen LogP contribution in [0.3, 0.4) is 0 Å². The summed E-state index contributed by atoms with van der Waals surface area (Å²) in [5.41, 5.74) is 0. The van der Waals surface area contributed by atoms with Crippen LogP contribution in [0.5, 0.6) is 0 Å². The fourth-order valence-corrected chi connectivity index (χ4v) is 1.60. The summed E-state index contributed by atoms with van der Waals surface area (Å²) >= 11 is 0. The van der Waals surface area contributed by atoms with Gasteiger partial charge in [-0.15, -0.1) is 0 Å². The number of nitrogens with one attached hydrogen (secondary N) is 1. The van der Waals surface area contributed by atoms with Gasteiger partial charge in [-0.05, 0) is 31.9 Å². The largest absolute Gasteiger partial charge is 0.467 e. The van der Waals surface area contributed by atoms with Crippen molar-refractivity contribution in [2.75, 3.05) is 13.1 Å². The van der Waals surface area contributed by atoms with Gasteiger partial charge in [-0.3, -0.25) is 4.79 Å². The van der Waals surface area contributed by atoms with Gasteiger partial charge in [0, 0.05) is 12.6 Å². The monoisotopic (exact) mass is 222 g/mol. The van der Waals surface area contributed by atoms with Crippen molar-refractivity contribution >= 4 is 5.91 Å². The molecule has 0 spiro atoms. The van der Waals surface area contributed by atoms with E-state index in [-0.39, 0.29) is 5.91 Å². The predicted octanol–water partition coefficient (Wildman–Crippen LogP) is 1.38. The molecule has 1 saturated carbocycles. The third-order valence-electron chi connectivity index (χ3n) is 2.78.